The van der Waals surface area contributed by atoms with E-state index in [0.717, 1.165) is 31.5 Å². The number of carbonyl (C=O) groups excluding carboxylic acids is 2. The molecule has 0 fully saturated rings. The normalized spacial score (nSPS) is 21.2. The Bertz CT molecular complexity index is 539. The smallest absolute Gasteiger partial charge is 0.230 e. The molecule has 1 unspecified atom stereocenters. The van der Waals surface area contributed by atoms with Gasteiger partial charge < -0.3 is 10.6 Å². The zero-order valence-corrected chi connectivity index (χ0v) is 10.9. The molecule has 3 rings (SSSR count). The van der Waals surface area contributed by atoms with Crippen LogP contribution in [0, 0.1) is 5.92 Å². The van der Waals surface area contributed by atoms with Crippen LogP contribution in [0.15, 0.2) is 18.2 Å². The first-order valence-corrected chi connectivity index (χ1v) is 6.87. The van der Waals surface area contributed by atoms with Gasteiger partial charge in [-0.1, -0.05) is 18.2 Å². The predicted molar refractivity (Wildman–Crippen MR) is 72.7 cm³/mol. The van der Waals surface area contributed by atoms with Crippen LogP contribution >= 0.6 is 0 Å². The Labute approximate surface area is 112 Å². The third kappa shape index (κ3) is 2.11. The first-order chi connectivity index (χ1) is 9.16. The molecule has 0 spiro atoms. The van der Waals surface area contributed by atoms with Crippen molar-refractivity contribution >= 4 is 17.5 Å². The lowest BCUT2D eigenvalue weighted by Crippen LogP contribution is -2.44. The zero-order chi connectivity index (χ0) is 13.4. The van der Waals surface area contributed by atoms with Crippen LogP contribution in [-0.4, -0.2) is 18.4 Å². The molecule has 0 aromatic heterocycles. The first-order valence-electron chi connectivity index (χ1n) is 6.87. The fourth-order valence-electron chi connectivity index (χ4n) is 3.23. The third-order valence-electron chi connectivity index (χ3n) is 4.12. The molecule has 4 nitrogen and oxygen atoms in total. The Morgan fingerprint density at radius 3 is 2.95 bits per heavy atom. The van der Waals surface area contributed by atoms with E-state index in [1.165, 1.54) is 11.1 Å². The highest BCUT2D eigenvalue weighted by molar-refractivity contribution is 5.99. The lowest BCUT2D eigenvalue weighted by molar-refractivity contribution is -0.123. The van der Waals surface area contributed by atoms with E-state index in [0.29, 0.717) is 12.8 Å². The van der Waals surface area contributed by atoms with Crippen molar-refractivity contribution in [2.45, 2.75) is 32.1 Å². The average Bonchev–Trinajstić information content (AvgIpc) is 2.41. The molecule has 0 aliphatic carbocycles. The maximum Gasteiger partial charge on any atom is 0.230 e. The SMILES string of the molecule is NC(=O)CCC1Cc2cccc3c2N(CCC3)C1=O. The van der Waals surface area contributed by atoms with Gasteiger partial charge in [0.05, 0.1) is 5.69 Å². The number of anilines is 1. The molecule has 0 saturated heterocycles. The van der Waals surface area contributed by atoms with Crippen LogP contribution in [0.2, 0.25) is 0 Å². The Morgan fingerprint density at radius 2 is 2.16 bits per heavy atom. The Balaban J connectivity index is 1.91. The summed E-state index contributed by atoms with van der Waals surface area (Å²) >= 11 is 0. The van der Waals surface area contributed by atoms with Crippen molar-refractivity contribution in [1.29, 1.82) is 0 Å². The number of nitrogens with zero attached hydrogens (tertiary/aromatic N) is 1. The first kappa shape index (κ1) is 12.2. The molecule has 0 bridgehead atoms. The fourth-order valence-corrected chi connectivity index (χ4v) is 3.23. The van der Waals surface area contributed by atoms with Gasteiger partial charge in [0.1, 0.15) is 0 Å². The minimum atomic E-state index is -0.328. The highest BCUT2D eigenvalue weighted by Gasteiger charge is 2.35. The van der Waals surface area contributed by atoms with Crippen molar-refractivity contribution in [2.75, 3.05) is 11.4 Å². The van der Waals surface area contributed by atoms with Crippen LogP contribution in [0.5, 0.6) is 0 Å². The number of primary amides is 1. The van der Waals surface area contributed by atoms with Crippen molar-refractivity contribution < 1.29 is 9.59 Å². The van der Waals surface area contributed by atoms with E-state index in [-0.39, 0.29) is 17.7 Å². The second-order valence-electron chi connectivity index (χ2n) is 5.42. The Morgan fingerprint density at radius 1 is 1.37 bits per heavy atom. The number of benzene rings is 1. The van der Waals surface area contributed by atoms with Gasteiger partial charge in [0.25, 0.3) is 0 Å². The molecule has 100 valence electrons. The number of amides is 2. The molecule has 0 radical (unpaired) electrons. The number of hydrogen-bond acceptors (Lipinski definition) is 2. The summed E-state index contributed by atoms with van der Waals surface area (Å²) in [5, 5.41) is 0. The molecule has 4 heteroatoms. The number of nitrogens with two attached hydrogens (primary N) is 1. The van der Waals surface area contributed by atoms with Crippen molar-refractivity contribution in [3.05, 3.63) is 29.3 Å². The van der Waals surface area contributed by atoms with Crippen LogP contribution in [0.3, 0.4) is 0 Å². The van der Waals surface area contributed by atoms with E-state index in [1.807, 2.05) is 4.90 Å². The standard InChI is InChI=1S/C15H18N2O2/c16-13(18)7-6-12-9-11-4-1-3-10-5-2-8-17(14(10)11)15(12)19/h1,3-4,12H,2,5-9H2,(H2,16,18). The molecule has 19 heavy (non-hydrogen) atoms. The van der Waals surface area contributed by atoms with Gasteiger partial charge in [-0.2, -0.15) is 0 Å². The molecule has 1 atom stereocenters. The summed E-state index contributed by atoms with van der Waals surface area (Å²) < 4.78 is 0. The van der Waals surface area contributed by atoms with Crippen molar-refractivity contribution in [1.82, 2.24) is 0 Å². The third-order valence-corrected chi connectivity index (χ3v) is 4.12. The van der Waals surface area contributed by atoms with Gasteiger partial charge in [-0.25, -0.2) is 0 Å². The van der Waals surface area contributed by atoms with Gasteiger partial charge in [-0.3, -0.25) is 9.59 Å². The quantitative estimate of drug-likeness (QED) is 0.890. The monoisotopic (exact) mass is 258 g/mol. The van der Waals surface area contributed by atoms with E-state index < -0.39 is 0 Å². The summed E-state index contributed by atoms with van der Waals surface area (Å²) in [5.41, 5.74) is 8.85. The lowest BCUT2D eigenvalue weighted by atomic mass is 9.84. The van der Waals surface area contributed by atoms with Crippen molar-refractivity contribution in [2.24, 2.45) is 11.7 Å². The lowest BCUT2D eigenvalue weighted by Gasteiger charge is -2.38. The van der Waals surface area contributed by atoms with Gasteiger partial charge in [0.15, 0.2) is 0 Å². The van der Waals surface area contributed by atoms with Crippen LogP contribution in [0.25, 0.3) is 0 Å². The van der Waals surface area contributed by atoms with E-state index in [1.54, 1.807) is 0 Å². The largest absolute Gasteiger partial charge is 0.370 e. The molecule has 2 amide bonds. The predicted octanol–water partition coefficient (Wildman–Crippen LogP) is 1.40. The molecule has 2 N–H and O–H groups in total. The molecule has 2 aliphatic heterocycles. The van der Waals surface area contributed by atoms with Gasteiger partial charge in [-0.05, 0) is 36.8 Å². The van der Waals surface area contributed by atoms with Crippen LogP contribution in [0.4, 0.5) is 5.69 Å². The van der Waals surface area contributed by atoms with Gasteiger partial charge in [-0.15, -0.1) is 0 Å². The fraction of sp³-hybridized carbons (Fsp3) is 0.467. The Hall–Kier alpha value is -1.84. The highest BCUT2D eigenvalue weighted by Crippen LogP contribution is 2.38. The zero-order valence-electron chi connectivity index (χ0n) is 10.9. The highest BCUT2D eigenvalue weighted by atomic mass is 16.2. The number of hydrogen-bond donors (Lipinski definition) is 1. The van der Waals surface area contributed by atoms with E-state index in [4.69, 9.17) is 5.73 Å². The number of carbonyl (C=O) groups is 2. The number of para-hydroxylation sites is 1. The van der Waals surface area contributed by atoms with E-state index in [2.05, 4.69) is 18.2 Å². The van der Waals surface area contributed by atoms with Crippen molar-refractivity contribution in [3.8, 4) is 0 Å². The summed E-state index contributed by atoms with van der Waals surface area (Å²) in [4.78, 5) is 25.3. The molecular formula is C15H18N2O2. The summed E-state index contributed by atoms with van der Waals surface area (Å²) in [6.07, 6.45) is 3.67. The number of rotatable bonds is 3. The van der Waals surface area contributed by atoms with Gasteiger partial charge >= 0.3 is 0 Å². The molecule has 2 heterocycles. The second kappa shape index (κ2) is 4.68. The maximum absolute atomic E-state index is 12.5. The molecule has 0 saturated carbocycles. The molecular weight excluding hydrogens is 240 g/mol. The summed E-state index contributed by atoms with van der Waals surface area (Å²) in [5.74, 6) is -0.250. The molecule has 2 aliphatic rings. The van der Waals surface area contributed by atoms with Crippen LogP contribution in [-0.2, 0) is 22.4 Å². The summed E-state index contributed by atoms with van der Waals surface area (Å²) in [7, 11) is 0. The average molecular weight is 258 g/mol. The van der Waals surface area contributed by atoms with Gasteiger partial charge in [0.2, 0.25) is 11.8 Å². The van der Waals surface area contributed by atoms with Gasteiger partial charge in [0, 0.05) is 18.9 Å². The topological polar surface area (TPSA) is 63.4 Å². The Kier molecular flexibility index (Phi) is 3.01. The second-order valence-corrected chi connectivity index (χ2v) is 5.42. The van der Waals surface area contributed by atoms with Crippen LogP contribution in [0.1, 0.15) is 30.4 Å². The van der Waals surface area contributed by atoms with Crippen LogP contribution < -0.4 is 10.6 Å². The molecule has 1 aromatic carbocycles. The minimum Gasteiger partial charge on any atom is -0.370 e. The molecule has 1 aromatic rings. The van der Waals surface area contributed by atoms with E-state index in [9.17, 15) is 9.59 Å². The van der Waals surface area contributed by atoms with Crippen molar-refractivity contribution in [3.63, 3.8) is 0 Å². The van der Waals surface area contributed by atoms with E-state index >= 15 is 0 Å². The maximum atomic E-state index is 12.5. The number of aryl methyl sites for hydroxylation is 1. The summed E-state index contributed by atoms with van der Waals surface area (Å²) in [6.45, 7) is 0.802. The minimum absolute atomic E-state index is 0.0895. The summed E-state index contributed by atoms with van der Waals surface area (Å²) in [6, 6.07) is 6.28.